The number of anilines is 1. The van der Waals surface area contributed by atoms with Crippen LogP contribution in [0.25, 0.3) is 0 Å². The third-order valence-electron chi connectivity index (χ3n) is 3.96. The molecule has 3 N–H and O–H groups in total. The topological polar surface area (TPSA) is 107 Å². The minimum absolute atomic E-state index is 0.332. The highest BCUT2D eigenvalue weighted by Gasteiger charge is 2.20. The molecule has 2 aromatic carbocycles. The summed E-state index contributed by atoms with van der Waals surface area (Å²) in [5.74, 6) is 0.511. The van der Waals surface area contributed by atoms with Gasteiger partial charge in [0.25, 0.3) is 5.91 Å². The van der Waals surface area contributed by atoms with Gasteiger partial charge in [0, 0.05) is 11.6 Å². The summed E-state index contributed by atoms with van der Waals surface area (Å²) in [5, 5.41) is 1.02. The van der Waals surface area contributed by atoms with Crippen LogP contribution in [0.2, 0.25) is 0 Å². The van der Waals surface area contributed by atoms with Crippen molar-refractivity contribution in [2.24, 2.45) is 5.73 Å². The van der Waals surface area contributed by atoms with E-state index < -0.39 is 11.9 Å². The minimum atomic E-state index is -0.878. The van der Waals surface area contributed by atoms with Crippen molar-refractivity contribution < 1.29 is 19.1 Å². The first-order chi connectivity index (χ1) is 14.1. The molecule has 0 fully saturated rings. The second-order valence-electron chi connectivity index (χ2n) is 5.97. The van der Waals surface area contributed by atoms with Gasteiger partial charge in [0.05, 0.1) is 19.0 Å². The SMILES string of the molecule is COc1ccc(N(NC(N)=O)C(=O)c2ccc(OCc3ccccc3)cc2)cn1. The number of amides is 3. The zero-order valence-electron chi connectivity index (χ0n) is 15.7. The Morgan fingerprint density at radius 2 is 1.76 bits per heavy atom. The molecule has 0 radical (unpaired) electrons. The molecule has 8 heteroatoms. The number of nitrogens with zero attached hydrogens (tertiary/aromatic N) is 2. The van der Waals surface area contributed by atoms with Gasteiger partial charge in [-0.1, -0.05) is 30.3 Å². The Balaban J connectivity index is 1.73. The fourth-order valence-electron chi connectivity index (χ4n) is 2.53. The second kappa shape index (κ2) is 9.23. The molecule has 29 heavy (non-hydrogen) atoms. The van der Waals surface area contributed by atoms with Gasteiger partial charge < -0.3 is 15.2 Å². The van der Waals surface area contributed by atoms with Gasteiger partial charge >= 0.3 is 6.03 Å². The summed E-state index contributed by atoms with van der Waals surface area (Å²) >= 11 is 0. The molecule has 0 atom stereocenters. The molecule has 148 valence electrons. The van der Waals surface area contributed by atoms with Crippen molar-refractivity contribution >= 4 is 17.6 Å². The molecule has 1 heterocycles. The van der Waals surface area contributed by atoms with Gasteiger partial charge in [-0.25, -0.2) is 20.2 Å². The number of carbonyl (C=O) groups excluding carboxylic acids is 2. The zero-order chi connectivity index (χ0) is 20.6. The van der Waals surface area contributed by atoms with Crippen LogP contribution in [0, 0.1) is 0 Å². The summed E-state index contributed by atoms with van der Waals surface area (Å²) in [6.07, 6.45) is 1.39. The van der Waals surface area contributed by atoms with Gasteiger partial charge in [0.2, 0.25) is 5.88 Å². The Morgan fingerprint density at radius 1 is 1.03 bits per heavy atom. The first kappa shape index (κ1) is 19.7. The summed E-state index contributed by atoms with van der Waals surface area (Å²) in [4.78, 5) is 28.3. The van der Waals surface area contributed by atoms with Crippen LogP contribution in [0.1, 0.15) is 15.9 Å². The van der Waals surface area contributed by atoms with Gasteiger partial charge in [0.15, 0.2) is 0 Å². The van der Waals surface area contributed by atoms with Gasteiger partial charge in [-0.05, 0) is 35.9 Å². The minimum Gasteiger partial charge on any atom is -0.489 e. The molecule has 0 aliphatic carbocycles. The number of benzene rings is 2. The smallest absolute Gasteiger partial charge is 0.331 e. The predicted octanol–water partition coefficient (Wildman–Crippen LogP) is 2.90. The number of aromatic nitrogens is 1. The molecule has 0 bridgehead atoms. The normalized spacial score (nSPS) is 10.1. The van der Waals surface area contributed by atoms with Crippen molar-refractivity contribution in [3.05, 3.63) is 84.1 Å². The highest BCUT2D eigenvalue weighted by molar-refractivity contribution is 6.07. The number of primary amides is 1. The molecule has 0 aliphatic rings. The molecule has 3 aromatic rings. The molecule has 0 unspecified atom stereocenters. The average molecular weight is 392 g/mol. The van der Waals surface area contributed by atoms with E-state index in [4.69, 9.17) is 15.2 Å². The summed E-state index contributed by atoms with van der Waals surface area (Å²) in [5.41, 5.74) is 9.22. The van der Waals surface area contributed by atoms with Crippen LogP contribution < -0.4 is 25.6 Å². The molecular weight excluding hydrogens is 372 g/mol. The first-order valence-electron chi connectivity index (χ1n) is 8.74. The number of hydrazine groups is 1. The third kappa shape index (κ3) is 5.23. The second-order valence-corrected chi connectivity index (χ2v) is 5.97. The van der Waals surface area contributed by atoms with Crippen molar-refractivity contribution in [2.75, 3.05) is 12.1 Å². The standard InChI is InChI=1S/C21H20N4O4/c1-28-19-12-9-17(13-23-19)25(24-21(22)27)20(26)16-7-10-18(11-8-16)29-14-15-5-3-2-4-6-15/h2-13H,14H2,1H3,(H3,22,24,27). The van der Waals surface area contributed by atoms with Crippen molar-refractivity contribution in [2.45, 2.75) is 6.61 Å². The molecule has 0 saturated heterocycles. The number of pyridine rings is 1. The zero-order valence-corrected chi connectivity index (χ0v) is 15.7. The van der Waals surface area contributed by atoms with E-state index in [0.717, 1.165) is 10.6 Å². The number of hydrogen-bond acceptors (Lipinski definition) is 5. The van der Waals surface area contributed by atoms with E-state index in [1.165, 1.54) is 13.3 Å². The third-order valence-corrected chi connectivity index (χ3v) is 3.96. The summed E-state index contributed by atoms with van der Waals surface area (Å²) in [7, 11) is 1.48. The lowest BCUT2D eigenvalue weighted by Gasteiger charge is -2.22. The maximum atomic E-state index is 12.9. The highest BCUT2D eigenvalue weighted by atomic mass is 16.5. The van der Waals surface area contributed by atoms with Gasteiger partial charge in [-0.3, -0.25) is 4.79 Å². The quantitative estimate of drug-likeness (QED) is 0.627. The summed E-state index contributed by atoms with van der Waals surface area (Å²) in [6, 6.07) is 18.6. The van der Waals surface area contributed by atoms with E-state index in [0.29, 0.717) is 29.5 Å². The fourth-order valence-corrected chi connectivity index (χ4v) is 2.53. The summed E-state index contributed by atoms with van der Waals surface area (Å²) in [6.45, 7) is 0.418. The molecule has 0 aliphatic heterocycles. The largest absolute Gasteiger partial charge is 0.489 e. The Kier molecular flexibility index (Phi) is 6.26. The Bertz CT molecular complexity index is 960. The van der Waals surface area contributed by atoms with Crippen molar-refractivity contribution in [3.8, 4) is 11.6 Å². The van der Waals surface area contributed by atoms with E-state index in [1.54, 1.807) is 36.4 Å². The van der Waals surface area contributed by atoms with E-state index in [-0.39, 0.29) is 0 Å². The van der Waals surface area contributed by atoms with Crippen LogP contribution in [0.4, 0.5) is 10.5 Å². The van der Waals surface area contributed by atoms with Crippen LogP contribution >= 0.6 is 0 Å². The van der Waals surface area contributed by atoms with E-state index in [2.05, 4.69) is 10.4 Å². The van der Waals surface area contributed by atoms with E-state index in [1.807, 2.05) is 30.3 Å². The number of rotatable bonds is 6. The fraction of sp³-hybridized carbons (Fsp3) is 0.0952. The van der Waals surface area contributed by atoms with Gasteiger partial charge in [-0.2, -0.15) is 0 Å². The van der Waals surface area contributed by atoms with Crippen LogP contribution in [-0.2, 0) is 6.61 Å². The van der Waals surface area contributed by atoms with Crippen LogP contribution in [0.3, 0.4) is 0 Å². The van der Waals surface area contributed by atoms with Crippen molar-refractivity contribution in [3.63, 3.8) is 0 Å². The molecule has 3 rings (SSSR count). The van der Waals surface area contributed by atoms with E-state index >= 15 is 0 Å². The van der Waals surface area contributed by atoms with Gasteiger partial charge in [0.1, 0.15) is 12.4 Å². The molecule has 1 aromatic heterocycles. The van der Waals surface area contributed by atoms with E-state index in [9.17, 15) is 9.59 Å². The maximum Gasteiger partial charge on any atom is 0.331 e. The van der Waals surface area contributed by atoms with Crippen LogP contribution in [0.5, 0.6) is 11.6 Å². The summed E-state index contributed by atoms with van der Waals surface area (Å²) < 4.78 is 10.7. The lowest BCUT2D eigenvalue weighted by molar-refractivity contribution is 0.0976. The monoisotopic (exact) mass is 392 g/mol. The van der Waals surface area contributed by atoms with Crippen molar-refractivity contribution in [1.29, 1.82) is 0 Å². The number of methoxy groups -OCH3 is 1. The Hall–Kier alpha value is -4.07. The van der Waals surface area contributed by atoms with Gasteiger partial charge in [-0.15, -0.1) is 0 Å². The molecule has 0 spiro atoms. The number of nitrogens with two attached hydrogens (primary N) is 1. The average Bonchev–Trinajstić information content (AvgIpc) is 2.76. The maximum absolute atomic E-state index is 12.9. The lowest BCUT2D eigenvalue weighted by atomic mass is 10.2. The Morgan fingerprint density at radius 3 is 2.34 bits per heavy atom. The first-order valence-corrected chi connectivity index (χ1v) is 8.74. The van der Waals surface area contributed by atoms with Crippen molar-refractivity contribution in [1.82, 2.24) is 10.4 Å². The number of nitrogens with one attached hydrogen (secondary N) is 1. The van der Waals surface area contributed by atoms with Crippen LogP contribution in [0.15, 0.2) is 72.9 Å². The predicted molar refractivity (Wildman–Crippen MR) is 108 cm³/mol. The lowest BCUT2D eigenvalue weighted by Crippen LogP contribution is -2.48. The number of urea groups is 1. The highest BCUT2D eigenvalue weighted by Crippen LogP contribution is 2.19. The molecular formula is C21H20N4O4. The molecule has 3 amide bonds. The number of hydrogen-bond donors (Lipinski definition) is 2. The van der Waals surface area contributed by atoms with Crippen LogP contribution in [-0.4, -0.2) is 24.0 Å². The Labute approximate surface area is 167 Å². The number of carbonyl (C=O) groups is 2. The number of ether oxygens (including phenoxy) is 2. The molecule has 8 nitrogen and oxygen atoms in total. The molecule has 0 saturated carbocycles.